The molecule has 1 heterocycles. The van der Waals surface area contributed by atoms with Gasteiger partial charge in [-0.05, 0) is 35.9 Å². The molecule has 3 rings (SSSR count). The Bertz CT molecular complexity index is 914. The molecule has 136 valence electrons. The van der Waals surface area contributed by atoms with Crippen LogP contribution in [0.2, 0.25) is 0 Å². The summed E-state index contributed by atoms with van der Waals surface area (Å²) in [6.07, 6.45) is 7.78. The van der Waals surface area contributed by atoms with Crippen molar-refractivity contribution in [1.82, 2.24) is 0 Å². The zero-order valence-electron chi connectivity index (χ0n) is 15.9. The van der Waals surface area contributed by atoms with Crippen molar-refractivity contribution in [2.45, 2.75) is 6.92 Å². The van der Waals surface area contributed by atoms with E-state index >= 15 is 0 Å². The van der Waals surface area contributed by atoms with Gasteiger partial charge in [-0.2, -0.15) is 4.57 Å². The van der Waals surface area contributed by atoms with Gasteiger partial charge in [0, 0.05) is 62.9 Å². The molecular formula is C23H24N3O+. The number of carbonyl (C=O) groups excluding carboxylic acids is 1. The van der Waals surface area contributed by atoms with Crippen LogP contribution in [0.5, 0.6) is 0 Å². The van der Waals surface area contributed by atoms with Crippen LogP contribution in [0.3, 0.4) is 0 Å². The van der Waals surface area contributed by atoms with E-state index in [1.165, 1.54) is 5.69 Å². The van der Waals surface area contributed by atoms with Crippen molar-refractivity contribution in [3.8, 4) is 5.69 Å². The Balaban J connectivity index is 1.76. The highest BCUT2D eigenvalue weighted by atomic mass is 16.2. The molecule has 0 bridgehead atoms. The van der Waals surface area contributed by atoms with E-state index in [1.54, 1.807) is 11.8 Å². The Labute approximate surface area is 160 Å². The van der Waals surface area contributed by atoms with Gasteiger partial charge in [0.1, 0.15) is 0 Å². The summed E-state index contributed by atoms with van der Waals surface area (Å²) in [6.45, 7) is 1.56. The number of nitrogens with zero attached hydrogens (tertiary/aromatic N) is 3. The first kappa shape index (κ1) is 18.4. The fourth-order valence-corrected chi connectivity index (χ4v) is 2.77. The lowest BCUT2D eigenvalue weighted by atomic mass is 10.2. The van der Waals surface area contributed by atoms with Gasteiger partial charge < -0.3 is 4.90 Å². The van der Waals surface area contributed by atoms with Crippen LogP contribution in [0.15, 0.2) is 85.3 Å². The van der Waals surface area contributed by atoms with Crippen LogP contribution in [0.4, 0.5) is 11.4 Å². The number of pyridine rings is 1. The van der Waals surface area contributed by atoms with E-state index in [4.69, 9.17) is 0 Å². The molecule has 0 atom stereocenters. The molecule has 0 radical (unpaired) electrons. The highest BCUT2D eigenvalue weighted by molar-refractivity contribution is 5.94. The maximum atomic E-state index is 11.9. The molecule has 0 aliphatic carbocycles. The average Bonchev–Trinajstić information content (AvgIpc) is 2.69. The third-order valence-corrected chi connectivity index (χ3v) is 4.31. The highest BCUT2D eigenvalue weighted by Crippen LogP contribution is 2.15. The molecule has 1 amide bonds. The smallest absolute Gasteiger partial charge is 0.227 e. The van der Waals surface area contributed by atoms with E-state index in [0.717, 1.165) is 16.9 Å². The van der Waals surface area contributed by atoms with Crippen LogP contribution in [0, 0.1) is 0 Å². The quantitative estimate of drug-likeness (QED) is 0.644. The van der Waals surface area contributed by atoms with Crippen molar-refractivity contribution in [2.24, 2.45) is 0 Å². The molecule has 3 aromatic rings. The number of aromatic nitrogens is 1. The van der Waals surface area contributed by atoms with Crippen LogP contribution >= 0.6 is 0 Å². The number of carbonyl (C=O) groups is 1. The third kappa shape index (κ3) is 4.61. The summed E-state index contributed by atoms with van der Waals surface area (Å²) in [6, 6.07) is 22.1. The minimum Gasteiger partial charge on any atom is -0.378 e. The van der Waals surface area contributed by atoms with Gasteiger partial charge in [-0.15, -0.1) is 0 Å². The Morgan fingerprint density at radius 2 is 1.48 bits per heavy atom. The summed E-state index contributed by atoms with van der Waals surface area (Å²) in [5.41, 5.74) is 4.15. The summed E-state index contributed by atoms with van der Waals surface area (Å²) in [5, 5.41) is 0. The molecule has 1 aromatic heterocycles. The second kappa shape index (κ2) is 8.32. The van der Waals surface area contributed by atoms with Crippen LogP contribution < -0.4 is 14.4 Å². The first-order chi connectivity index (χ1) is 13.0. The molecule has 0 unspecified atom stereocenters. The number of anilines is 2. The zero-order chi connectivity index (χ0) is 19.2. The summed E-state index contributed by atoms with van der Waals surface area (Å²) in [7, 11) is 4.06. The van der Waals surface area contributed by atoms with Crippen molar-refractivity contribution in [3.63, 3.8) is 0 Å². The van der Waals surface area contributed by atoms with Crippen molar-refractivity contribution in [1.29, 1.82) is 0 Å². The van der Waals surface area contributed by atoms with Gasteiger partial charge in [-0.1, -0.05) is 18.2 Å². The number of para-hydroxylation sites is 1. The van der Waals surface area contributed by atoms with Crippen molar-refractivity contribution in [3.05, 3.63) is 90.9 Å². The predicted octanol–water partition coefficient (Wildman–Crippen LogP) is 4.05. The fraction of sp³-hybridized carbons (Fsp3) is 0.130. The number of hydrogen-bond donors (Lipinski definition) is 0. The lowest BCUT2D eigenvalue weighted by Crippen LogP contribution is -2.29. The SMILES string of the molecule is CC(=O)N(C=Cc1cc[n+](-c2ccc(N(C)C)cc2)cc1)c1ccccc1. The van der Waals surface area contributed by atoms with E-state index in [1.807, 2.05) is 81.2 Å². The van der Waals surface area contributed by atoms with Crippen molar-refractivity contribution in [2.75, 3.05) is 23.9 Å². The number of rotatable bonds is 5. The van der Waals surface area contributed by atoms with E-state index in [9.17, 15) is 4.79 Å². The van der Waals surface area contributed by atoms with E-state index < -0.39 is 0 Å². The van der Waals surface area contributed by atoms with Crippen molar-refractivity contribution >= 4 is 23.4 Å². The summed E-state index contributed by atoms with van der Waals surface area (Å²) >= 11 is 0. The maximum absolute atomic E-state index is 11.9. The molecule has 0 aliphatic rings. The minimum atomic E-state index is -0.0237. The summed E-state index contributed by atoms with van der Waals surface area (Å²) < 4.78 is 2.07. The standard InChI is InChI=1S/C23H24N3O/c1-19(27)26(23-7-5-4-6-8-23)18-15-20-13-16-25(17-14-20)22-11-9-21(10-12-22)24(2)3/h4-18H,1-3H3/q+1. The monoisotopic (exact) mass is 358 g/mol. The Morgan fingerprint density at radius 1 is 0.852 bits per heavy atom. The Hall–Kier alpha value is -3.40. The predicted molar refractivity (Wildman–Crippen MR) is 111 cm³/mol. The van der Waals surface area contributed by atoms with Gasteiger partial charge in [0.25, 0.3) is 0 Å². The van der Waals surface area contributed by atoms with Crippen LogP contribution in [0.25, 0.3) is 11.8 Å². The highest BCUT2D eigenvalue weighted by Gasteiger charge is 2.08. The van der Waals surface area contributed by atoms with Crippen molar-refractivity contribution < 1.29 is 9.36 Å². The number of hydrogen-bond acceptors (Lipinski definition) is 2. The van der Waals surface area contributed by atoms with Gasteiger partial charge >= 0.3 is 0 Å². The molecule has 0 aliphatic heterocycles. The van der Waals surface area contributed by atoms with E-state index in [2.05, 4.69) is 33.7 Å². The molecule has 0 spiro atoms. The van der Waals surface area contributed by atoms with Crippen LogP contribution in [0.1, 0.15) is 12.5 Å². The third-order valence-electron chi connectivity index (χ3n) is 4.31. The lowest BCUT2D eigenvalue weighted by Gasteiger charge is -2.16. The number of amides is 1. The molecule has 0 fully saturated rings. The molecular weight excluding hydrogens is 334 g/mol. The van der Waals surface area contributed by atoms with E-state index in [-0.39, 0.29) is 5.91 Å². The maximum Gasteiger partial charge on any atom is 0.227 e. The first-order valence-electron chi connectivity index (χ1n) is 8.87. The van der Waals surface area contributed by atoms with Gasteiger partial charge in [-0.25, -0.2) is 0 Å². The van der Waals surface area contributed by atoms with Gasteiger partial charge in [-0.3, -0.25) is 9.69 Å². The molecule has 4 heteroatoms. The second-order valence-corrected chi connectivity index (χ2v) is 6.49. The normalized spacial score (nSPS) is 10.8. The average molecular weight is 358 g/mol. The van der Waals surface area contributed by atoms with Crippen LogP contribution in [-0.4, -0.2) is 20.0 Å². The molecule has 4 nitrogen and oxygen atoms in total. The molecule has 27 heavy (non-hydrogen) atoms. The Kier molecular flexibility index (Phi) is 5.67. The fourth-order valence-electron chi connectivity index (χ4n) is 2.77. The minimum absolute atomic E-state index is 0.0237. The molecule has 0 saturated carbocycles. The van der Waals surface area contributed by atoms with Gasteiger partial charge in [0.05, 0.1) is 0 Å². The Morgan fingerprint density at radius 3 is 2.04 bits per heavy atom. The largest absolute Gasteiger partial charge is 0.378 e. The molecule has 0 saturated heterocycles. The first-order valence-corrected chi connectivity index (χ1v) is 8.87. The summed E-state index contributed by atoms with van der Waals surface area (Å²) in [5.74, 6) is -0.0237. The summed E-state index contributed by atoms with van der Waals surface area (Å²) in [4.78, 5) is 15.7. The van der Waals surface area contributed by atoms with Crippen LogP contribution in [-0.2, 0) is 4.79 Å². The molecule has 2 aromatic carbocycles. The number of benzene rings is 2. The van der Waals surface area contributed by atoms with Gasteiger partial charge in [0.2, 0.25) is 11.6 Å². The lowest BCUT2D eigenvalue weighted by molar-refractivity contribution is -0.595. The molecule has 0 N–H and O–H groups in total. The second-order valence-electron chi connectivity index (χ2n) is 6.49. The topological polar surface area (TPSA) is 27.4 Å². The zero-order valence-corrected chi connectivity index (χ0v) is 15.9. The van der Waals surface area contributed by atoms with E-state index in [0.29, 0.717) is 0 Å². The van der Waals surface area contributed by atoms with Gasteiger partial charge in [0.15, 0.2) is 12.4 Å².